The van der Waals surface area contributed by atoms with Gasteiger partial charge in [-0.2, -0.15) is 5.10 Å². The number of carbonyl (C=O) groups is 1. The molecule has 4 atom stereocenters. The number of hydrogen-bond acceptors (Lipinski definition) is 7. The SMILES string of the molecule is Cc1cc(-c2cnn(C3CCCCO3)c2)ccc1-c1ccc(N(C)C2CC3CCC[C@@H](C2)N3C(=O)OC(C)(C)C)nn1. The summed E-state index contributed by atoms with van der Waals surface area (Å²) in [5.41, 5.74) is 4.81. The van der Waals surface area contributed by atoms with Gasteiger partial charge in [-0.25, -0.2) is 9.48 Å². The molecule has 6 rings (SSSR count). The summed E-state index contributed by atoms with van der Waals surface area (Å²) in [5.74, 6) is 0.860. The Morgan fingerprint density at radius 3 is 2.43 bits per heavy atom. The Balaban J connectivity index is 1.12. The van der Waals surface area contributed by atoms with Gasteiger partial charge in [0.05, 0.1) is 11.9 Å². The molecule has 0 saturated carbocycles. The van der Waals surface area contributed by atoms with Crippen molar-refractivity contribution in [3.8, 4) is 22.4 Å². The van der Waals surface area contributed by atoms with Gasteiger partial charge in [0.15, 0.2) is 5.82 Å². The van der Waals surface area contributed by atoms with Gasteiger partial charge >= 0.3 is 6.09 Å². The highest BCUT2D eigenvalue weighted by atomic mass is 16.6. The molecule has 3 aromatic rings. The van der Waals surface area contributed by atoms with E-state index >= 15 is 0 Å². The van der Waals surface area contributed by atoms with Crippen LogP contribution in [-0.4, -0.2) is 68.4 Å². The minimum atomic E-state index is -0.484. The van der Waals surface area contributed by atoms with E-state index in [1.165, 1.54) is 6.42 Å². The summed E-state index contributed by atoms with van der Waals surface area (Å²) in [6.45, 7) is 8.72. The monoisotopic (exact) mass is 572 g/mol. The molecule has 0 N–H and O–H groups in total. The Morgan fingerprint density at radius 1 is 1.00 bits per heavy atom. The Hall–Kier alpha value is -3.46. The van der Waals surface area contributed by atoms with E-state index in [4.69, 9.17) is 9.47 Å². The van der Waals surface area contributed by atoms with Crippen LogP contribution in [0.1, 0.15) is 83.9 Å². The largest absolute Gasteiger partial charge is 0.444 e. The van der Waals surface area contributed by atoms with E-state index in [9.17, 15) is 4.79 Å². The van der Waals surface area contributed by atoms with Crippen LogP contribution < -0.4 is 4.90 Å². The zero-order valence-corrected chi connectivity index (χ0v) is 25.6. The van der Waals surface area contributed by atoms with Gasteiger partial charge in [0.1, 0.15) is 11.8 Å². The minimum absolute atomic E-state index is 0.0388. The zero-order chi connectivity index (χ0) is 29.4. The van der Waals surface area contributed by atoms with Crippen molar-refractivity contribution in [1.29, 1.82) is 0 Å². The highest BCUT2D eigenvalue weighted by Crippen LogP contribution is 2.38. The predicted molar refractivity (Wildman–Crippen MR) is 163 cm³/mol. The Kier molecular flexibility index (Phi) is 7.96. The van der Waals surface area contributed by atoms with Crippen LogP contribution in [0.5, 0.6) is 0 Å². The topological polar surface area (TPSA) is 85.6 Å². The molecule has 1 amide bonds. The van der Waals surface area contributed by atoms with Gasteiger partial charge in [-0.15, -0.1) is 10.2 Å². The summed E-state index contributed by atoms with van der Waals surface area (Å²) in [5, 5.41) is 13.9. The molecule has 0 aliphatic carbocycles. The van der Waals surface area contributed by atoms with E-state index < -0.39 is 5.60 Å². The number of carbonyl (C=O) groups excluding carboxylic acids is 1. The van der Waals surface area contributed by atoms with Crippen molar-refractivity contribution < 1.29 is 14.3 Å². The van der Waals surface area contributed by atoms with Crippen LogP contribution in [0, 0.1) is 6.92 Å². The molecule has 3 saturated heterocycles. The van der Waals surface area contributed by atoms with Crippen molar-refractivity contribution in [1.82, 2.24) is 24.9 Å². The number of nitrogens with zero attached hydrogens (tertiary/aromatic N) is 6. The molecule has 2 bridgehead atoms. The van der Waals surface area contributed by atoms with E-state index in [1.54, 1.807) is 0 Å². The van der Waals surface area contributed by atoms with Gasteiger partial charge in [-0.3, -0.25) is 0 Å². The summed E-state index contributed by atoms with van der Waals surface area (Å²) in [6, 6.07) is 11.3. The Labute approximate surface area is 249 Å². The van der Waals surface area contributed by atoms with Gasteiger partial charge in [0.2, 0.25) is 0 Å². The maximum atomic E-state index is 13.0. The van der Waals surface area contributed by atoms with Gasteiger partial charge in [-0.1, -0.05) is 18.2 Å². The number of ether oxygens (including phenoxy) is 2. The molecule has 42 heavy (non-hydrogen) atoms. The molecule has 3 aliphatic rings. The fourth-order valence-corrected chi connectivity index (χ4v) is 6.83. The van der Waals surface area contributed by atoms with E-state index in [2.05, 4.69) is 70.7 Å². The van der Waals surface area contributed by atoms with Crippen LogP contribution in [0.15, 0.2) is 42.7 Å². The Morgan fingerprint density at radius 2 is 1.79 bits per heavy atom. The molecule has 0 spiro atoms. The molecule has 3 fully saturated rings. The summed E-state index contributed by atoms with van der Waals surface area (Å²) < 4.78 is 13.6. The minimum Gasteiger partial charge on any atom is -0.444 e. The standard InChI is InChI=1S/C33H44N6O3/c1-22-17-23(24-20-34-38(21-24)31-11-6-7-16-41-31)12-13-28(22)29-14-15-30(36-35-29)37(5)27-18-25-9-8-10-26(19-27)39(25)32(40)42-33(2,3)4/h12-15,17,20-21,25-27,31H,6-11,16,18-19H2,1-5H3/t25-,26?,27?,31?/m0/s1. The third-order valence-corrected chi connectivity index (χ3v) is 9.00. The maximum absolute atomic E-state index is 13.0. The van der Waals surface area contributed by atoms with Crippen LogP contribution >= 0.6 is 0 Å². The number of anilines is 1. The number of fused-ring (bicyclic) bond motifs is 2. The molecule has 224 valence electrons. The van der Waals surface area contributed by atoms with Crippen molar-refractivity contribution in [2.45, 2.75) is 109 Å². The molecule has 1 aromatic carbocycles. The molecule has 9 nitrogen and oxygen atoms in total. The number of piperidine rings is 2. The van der Waals surface area contributed by atoms with Crippen LogP contribution in [0.3, 0.4) is 0 Å². The number of aromatic nitrogens is 4. The van der Waals surface area contributed by atoms with Gasteiger partial charge in [0.25, 0.3) is 0 Å². The van der Waals surface area contributed by atoms with Crippen molar-refractivity contribution in [2.75, 3.05) is 18.6 Å². The fraction of sp³-hybridized carbons (Fsp3) is 0.576. The van der Waals surface area contributed by atoms with Crippen molar-refractivity contribution in [3.05, 3.63) is 48.3 Å². The molecule has 5 heterocycles. The molecule has 3 aliphatic heterocycles. The van der Waals surface area contributed by atoms with Gasteiger partial charge < -0.3 is 19.3 Å². The molecule has 0 radical (unpaired) electrons. The number of aryl methyl sites for hydroxylation is 1. The number of hydrogen-bond donors (Lipinski definition) is 0. The van der Waals surface area contributed by atoms with Crippen LogP contribution in [0.2, 0.25) is 0 Å². The van der Waals surface area contributed by atoms with E-state index in [0.717, 1.165) is 85.3 Å². The fourth-order valence-electron chi connectivity index (χ4n) is 6.83. The smallest absolute Gasteiger partial charge is 0.410 e. The van der Waals surface area contributed by atoms with E-state index in [-0.39, 0.29) is 24.4 Å². The van der Waals surface area contributed by atoms with Crippen LogP contribution in [0.4, 0.5) is 10.6 Å². The average Bonchev–Trinajstić information content (AvgIpc) is 3.46. The summed E-state index contributed by atoms with van der Waals surface area (Å²) >= 11 is 0. The normalized spacial score (nSPS) is 24.4. The highest BCUT2D eigenvalue weighted by molar-refractivity contribution is 5.71. The highest BCUT2D eigenvalue weighted by Gasteiger charge is 2.43. The number of rotatable bonds is 5. The second kappa shape index (κ2) is 11.7. The average molecular weight is 573 g/mol. The predicted octanol–water partition coefficient (Wildman–Crippen LogP) is 6.77. The van der Waals surface area contributed by atoms with Crippen LogP contribution in [0.25, 0.3) is 22.4 Å². The first kappa shape index (κ1) is 28.6. The summed E-state index contributed by atoms with van der Waals surface area (Å²) in [6.07, 6.45) is 12.2. The lowest BCUT2D eigenvalue weighted by atomic mass is 9.81. The molecule has 2 aromatic heterocycles. The van der Waals surface area contributed by atoms with Crippen LogP contribution in [-0.2, 0) is 9.47 Å². The van der Waals surface area contributed by atoms with Crippen molar-refractivity contribution in [3.63, 3.8) is 0 Å². The lowest BCUT2D eigenvalue weighted by molar-refractivity contribution is -0.0394. The second-order valence-electron chi connectivity index (χ2n) is 13.2. The number of benzene rings is 1. The van der Waals surface area contributed by atoms with E-state index in [1.807, 2.05) is 36.5 Å². The summed E-state index contributed by atoms with van der Waals surface area (Å²) in [4.78, 5) is 17.3. The number of amides is 1. The lowest BCUT2D eigenvalue weighted by Crippen LogP contribution is -2.59. The van der Waals surface area contributed by atoms with E-state index in [0.29, 0.717) is 6.04 Å². The molecule has 3 unspecified atom stereocenters. The van der Waals surface area contributed by atoms with Gasteiger partial charge in [0, 0.05) is 49.1 Å². The third-order valence-electron chi connectivity index (χ3n) is 9.00. The molecule has 9 heteroatoms. The maximum Gasteiger partial charge on any atom is 0.410 e. The Bertz CT molecular complexity index is 1380. The zero-order valence-electron chi connectivity index (χ0n) is 25.6. The quantitative estimate of drug-likeness (QED) is 0.333. The first-order chi connectivity index (χ1) is 20.2. The summed E-state index contributed by atoms with van der Waals surface area (Å²) in [7, 11) is 2.10. The second-order valence-corrected chi connectivity index (χ2v) is 13.2. The first-order valence-electron chi connectivity index (χ1n) is 15.5. The lowest BCUT2D eigenvalue weighted by Gasteiger charge is -2.50. The van der Waals surface area contributed by atoms with Gasteiger partial charge in [-0.05, 0) is 102 Å². The molecular formula is C33H44N6O3. The molecular weight excluding hydrogens is 528 g/mol. The third kappa shape index (κ3) is 6.02. The first-order valence-corrected chi connectivity index (χ1v) is 15.5. The van der Waals surface area contributed by atoms with Crippen molar-refractivity contribution in [2.24, 2.45) is 0 Å². The van der Waals surface area contributed by atoms with Crippen molar-refractivity contribution >= 4 is 11.9 Å².